The molecule has 0 aromatic rings. The third kappa shape index (κ3) is 18.4. The Hall–Kier alpha value is -0.160. The van der Waals surface area contributed by atoms with Crippen LogP contribution in [0.5, 0.6) is 0 Å². The summed E-state index contributed by atoms with van der Waals surface area (Å²) in [5.74, 6) is 0. The van der Waals surface area contributed by atoms with Gasteiger partial charge in [-0.25, -0.2) is 10.1 Å². The molecular formula is CH6O4. The number of hydrogen-bond donors (Lipinski definition) is 2. The quantitative estimate of drug-likeness (QED) is 0.232. The molecule has 0 fully saturated rings. The molecule has 0 atom stereocenters. The van der Waals surface area contributed by atoms with Crippen molar-refractivity contribution in [1.82, 2.24) is 0 Å². The Morgan fingerprint density at radius 1 is 1.60 bits per heavy atom. The highest BCUT2D eigenvalue weighted by Crippen LogP contribution is 1.44. The van der Waals surface area contributed by atoms with Crippen LogP contribution in [-0.4, -0.2) is 22.6 Å². The van der Waals surface area contributed by atoms with Crippen LogP contribution >= 0.6 is 0 Å². The smallest absolute Gasteiger partial charge is 0.177 e. The van der Waals surface area contributed by atoms with E-state index in [1.807, 2.05) is 0 Å². The molecule has 5 heavy (non-hydrogen) atoms. The maximum Gasteiger partial charge on any atom is 0.177 e. The Kier molecular flexibility index (Phi) is 16.2. The van der Waals surface area contributed by atoms with Crippen molar-refractivity contribution in [3.05, 3.63) is 0 Å². The Morgan fingerprint density at radius 3 is 1.80 bits per heavy atom. The molecule has 4 heteroatoms. The van der Waals surface area contributed by atoms with E-state index in [4.69, 9.17) is 10.4 Å². The van der Waals surface area contributed by atoms with Crippen molar-refractivity contribution in [2.24, 2.45) is 0 Å². The minimum Gasteiger partial charge on any atom is -0.412 e. The van der Waals surface area contributed by atoms with Gasteiger partial charge in [-0.05, 0) is 0 Å². The predicted octanol–water partition coefficient (Wildman–Crippen LogP) is -1.40. The Balaban J connectivity index is 0. The summed E-state index contributed by atoms with van der Waals surface area (Å²) in [6, 6.07) is 0. The third-order valence-corrected chi connectivity index (χ3v) is 0.0577. The zero-order valence-electron chi connectivity index (χ0n) is 2.51. The fourth-order valence-electron chi connectivity index (χ4n) is 0. The molecule has 34 valence electrons. The van der Waals surface area contributed by atoms with Crippen LogP contribution < -0.4 is 0 Å². The van der Waals surface area contributed by atoms with Crippen molar-refractivity contribution in [2.75, 3.05) is 6.79 Å². The third-order valence-electron chi connectivity index (χ3n) is 0.0577. The summed E-state index contributed by atoms with van der Waals surface area (Å²) >= 11 is 0. The van der Waals surface area contributed by atoms with Crippen LogP contribution in [0.2, 0.25) is 0 Å². The minimum absolute atomic E-state index is 0. The van der Waals surface area contributed by atoms with Gasteiger partial charge in [-0.2, -0.15) is 0 Å². The predicted molar refractivity (Wildman–Crippen MR) is 14.4 cm³/mol. The molecule has 0 saturated carbocycles. The largest absolute Gasteiger partial charge is 0.412 e. The summed E-state index contributed by atoms with van der Waals surface area (Å²) in [6.45, 7) is -0.625. The standard InChI is InChI=1S/CH4O3.H2O/c2-1-4-3;/h2-3H,1H2;1H2. The molecule has 0 aliphatic rings. The monoisotopic (exact) mass is 82.0 g/mol. The van der Waals surface area contributed by atoms with Crippen LogP contribution in [0.25, 0.3) is 0 Å². The van der Waals surface area contributed by atoms with E-state index in [9.17, 15) is 0 Å². The van der Waals surface area contributed by atoms with Gasteiger partial charge >= 0.3 is 0 Å². The Bertz CT molecular complexity index is 5.61. The second kappa shape index (κ2) is 9.15. The zero-order valence-corrected chi connectivity index (χ0v) is 2.51. The highest BCUT2D eigenvalue weighted by Gasteiger charge is 1.54. The molecule has 0 unspecified atom stereocenters. The van der Waals surface area contributed by atoms with Gasteiger partial charge in [0.2, 0.25) is 0 Å². The van der Waals surface area contributed by atoms with Gasteiger partial charge in [-0.3, -0.25) is 0 Å². The molecule has 0 aromatic carbocycles. The van der Waals surface area contributed by atoms with Gasteiger partial charge in [0.15, 0.2) is 6.79 Å². The molecule has 0 amide bonds. The van der Waals surface area contributed by atoms with Crippen LogP contribution in [0.3, 0.4) is 0 Å². The van der Waals surface area contributed by atoms with E-state index in [-0.39, 0.29) is 5.48 Å². The highest BCUT2D eigenvalue weighted by molar-refractivity contribution is 3.58. The molecule has 0 aliphatic heterocycles. The summed E-state index contributed by atoms with van der Waals surface area (Å²) in [4.78, 5) is 3.10. The first kappa shape index (κ1) is 8.85. The lowest BCUT2D eigenvalue weighted by Gasteiger charge is -1.73. The van der Waals surface area contributed by atoms with Crippen LogP contribution in [-0.2, 0) is 4.89 Å². The average Bonchev–Trinajstić information content (AvgIpc) is 1.37. The van der Waals surface area contributed by atoms with Gasteiger partial charge in [0.05, 0.1) is 0 Å². The number of aliphatic hydroxyl groups is 1. The summed E-state index contributed by atoms with van der Waals surface area (Å²) in [6.07, 6.45) is 0. The number of rotatable bonds is 1. The van der Waals surface area contributed by atoms with Gasteiger partial charge in [-0.15, -0.1) is 0 Å². The van der Waals surface area contributed by atoms with Gasteiger partial charge in [0, 0.05) is 0 Å². The summed E-state index contributed by atoms with van der Waals surface area (Å²) in [5.41, 5.74) is 0. The number of hydrogen-bond acceptors (Lipinski definition) is 3. The van der Waals surface area contributed by atoms with E-state index in [2.05, 4.69) is 4.89 Å². The van der Waals surface area contributed by atoms with Crippen molar-refractivity contribution in [3.8, 4) is 0 Å². The highest BCUT2D eigenvalue weighted by atomic mass is 17.1. The summed E-state index contributed by atoms with van der Waals surface area (Å²) < 4.78 is 0. The summed E-state index contributed by atoms with van der Waals surface area (Å²) in [7, 11) is 0. The van der Waals surface area contributed by atoms with E-state index >= 15 is 0 Å². The van der Waals surface area contributed by atoms with E-state index < -0.39 is 6.79 Å². The first-order valence-corrected chi connectivity index (χ1v) is 0.787. The first-order chi connectivity index (χ1) is 1.91. The molecule has 0 spiro atoms. The molecule has 0 aliphatic carbocycles. The Morgan fingerprint density at radius 2 is 1.80 bits per heavy atom. The number of aliphatic hydroxyl groups excluding tert-OH is 1. The maximum atomic E-state index is 7.40. The van der Waals surface area contributed by atoms with Crippen molar-refractivity contribution < 1.29 is 20.7 Å². The molecule has 0 rings (SSSR count). The van der Waals surface area contributed by atoms with Gasteiger partial charge in [0.1, 0.15) is 0 Å². The lowest BCUT2D eigenvalue weighted by atomic mass is 11.5. The molecular weight excluding hydrogens is 76.0 g/mol. The molecule has 0 aromatic heterocycles. The van der Waals surface area contributed by atoms with Gasteiger partial charge in [-0.1, -0.05) is 0 Å². The second-order valence-corrected chi connectivity index (χ2v) is 0.258. The van der Waals surface area contributed by atoms with Crippen LogP contribution in [0.1, 0.15) is 0 Å². The lowest BCUT2D eigenvalue weighted by molar-refractivity contribution is -0.285. The van der Waals surface area contributed by atoms with E-state index in [0.29, 0.717) is 0 Å². The van der Waals surface area contributed by atoms with E-state index in [1.165, 1.54) is 0 Å². The SMILES string of the molecule is O.OCOO. The van der Waals surface area contributed by atoms with Crippen LogP contribution in [0, 0.1) is 0 Å². The fourth-order valence-corrected chi connectivity index (χ4v) is 0. The fraction of sp³-hybridized carbons (Fsp3) is 1.00. The first-order valence-electron chi connectivity index (χ1n) is 0.787. The maximum absolute atomic E-state index is 7.40. The molecule has 0 bridgehead atoms. The van der Waals surface area contributed by atoms with E-state index in [1.54, 1.807) is 0 Å². The van der Waals surface area contributed by atoms with Crippen molar-refractivity contribution in [1.29, 1.82) is 0 Å². The molecule has 0 heterocycles. The zero-order chi connectivity index (χ0) is 3.41. The molecule has 4 nitrogen and oxygen atoms in total. The molecule has 4 N–H and O–H groups in total. The van der Waals surface area contributed by atoms with Crippen LogP contribution in [0.15, 0.2) is 0 Å². The van der Waals surface area contributed by atoms with E-state index in [0.717, 1.165) is 0 Å². The topological polar surface area (TPSA) is 81.2 Å². The van der Waals surface area contributed by atoms with Crippen molar-refractivity contribution in [3.63, 3.8) is 0 Å². The second-order valence-electron chi connectivity index (χ2n) is 0.258. The molecule has 0 saturated heterocycles. The lowest BCUT2D eigenvalue weighted by Crippen LogP contribution is -1.80. The molecule has 0 radical (unpaired) electrons. The van der Waals surface area contributed by atoms with Crippen molar-refractivity contribution >= 4 is 0 Å². The summed E-state index contributed by atoms with van der Waals surface area (Å²) in [5, 5.41) is 14.5. The average molecular weight is 82.1 g/mol. The van der Waals surface area contributed by atoms with Gasteiger partial charge < -0.3 is 10.6 Å². The van der Waals surface area contributed by atoms with Crippen molar-refractivity contribution in [2.45, 2.75) is 0 Å². The van der Waals surface area contributed by atoms with Gasteiger partial charge in [0.25, 0.3) is 0 Å². The van der Waals surface area contributed by atoms with Crippen LogP contribution in [0.4, 0.5) is 0 Å². The Labute approximate surface area is 28.9 Å². The normalized spacial score (nSPS) is 6.00. The minimum atomic E-state index is -0.625.